The van der Waals surface area contributed by atoms with Gasteiger partial charge in [-0.25, -0.2) is 0 Å². The summed E-state index contributed by atoms with van der Waals surface area (Å²) >= 11 is 0. The Labute approximate surface area is 142 Å². The topological polar surface area (TPSA) is 120 Å². The van der Waals surface area contributed by atoms with E-state index in [1.165, 1.54) is 17.1 Å². The molecule has 0 atom stereocenters. The summed E-state index contributed by atoms with van der Waals surface area (Å²) in [7, 11) is 0. The molecule has 0 aliphatic carbocycles. The fourth-order valence-corrected chi connectivity index (χ4v) is 2.22. The summed E-state index contributed by atoms with van der Waals surface area (Å²) in [6, 6.07) is 12.4. The Bertz CT molecular complexity index is 908. The van der Waals surface area contributed by atoms with E-state index in [9.17, 15) is 20.0 Å². The van der Waals surface area contributed by atoms with Crippen LogP contribution < -0.4 is 10.4 Å². The maximum absolute atomic E-state index is 12.5. The molecule has 1 heterocycles. The van der Waals surface area contributed by atoms with Gasteiger partial charge in [-0.2, -0.15) is 15.2 Å². The number of aromatic hydroxyl groups is 1. The molecule has 0 spiro atoms. The van der Waals surface area contributed by atoms with Gasteiger partial charge in [0, 0.05) is 6.07 Å². The molecule has 0 unspecified atom stereocenters. The van der Waals surface area contributed by atoms with Crippen molar-refractivity contribution in [2.75, 3.05) is 10.4 Å². The quantitative estimate of drug-likeness (QED) is 0.503. The van der Waals surface area contributed by atoms with Gasteiger partial charge in [-0.15, -0.1) is 0 Å². The molecule has 0 saturated carbocycles. The molecule has 1 aliphatic heterocycles. The lowest BCUT2D eigenvalue weighted by molar-refractivity contribution is -0.384. The van der Waals surface area contributed by atoms with Crippen molar-refractivity contribution >= 4 is 34.4 Å². The number of hydrogen-bond donors (Lipinski definition) is 2. The molecular weight excluding hydrogens is 326 g/mol. The molecule has 3 rings (SSSR count). The Kier molecular flexibility index (Phi) is 4.12. The Balaban J connectivity index is 1.82. The van der Waals surface area contributed by atoms with E-state index in [0.29, 0.717) is 11.4 Å². The van der Waals surface area contributed by atoms with Crippen molar-refractivity contribution in [3.8, 4) is 5.75 Å². The third-order valence-electron chi connectivity index (χ3n) is 3.47. The minimum Gasteiger partial charge on any atom is -0.505 e. The van der Waals surface area contributed by atoms with E-state index in [4.69, 9.17) is 0 Å². The standard InChI is InChI=1S/C16H13N5O4/c1-10-15(16(23)20(19-10)11-5-3-2-4-6-11)18-17-13-8-7-12(21(24)25)9-14(13)22/h2-9,17,22H,1H3. The fraction of sp³-hybridized carbons (Fsp3) is 0.0625. The summed E-state index contributed by atoms with van der Waals surface area (Å²) < 4.78 is 0. The fourth-order valence-electron chi connectivity index (χ4n) is 2.22. The minimum absolute atomic E-state index is 0.0848. The number of non-ortho nitro benzene ring substituents is 1. The number of hydrogen-bond acceptors (Lipinski definition) is 7. The number of nitrogens with zero attached hydrogens (tertiary/aromatic N) is 4. The Morgan fingerprint density at radius 2 is 1.96 bits per heavy atom. The number of phenols is 1. The van der Waals surface area contributed by atoms with Gasteiger partial charge in [0.15, 0.2) is 5.71 Å². The van der Waals surface area contributed by atoms with Crippen LogP contribution in [0, 0.1) is 10.1 Å². The maximum atomic E-state index is 12.5. The summed E-state index contributed by atoms with van der Waals surface area (Å²) in [6.45, 7) is 1.64. The lowest BCUT2D eigenvalue weighted by atomic mass is 10.2. The third kappa shape index (κ3) is 3.15. The molecule has 9 heteroatoms. The van der Waals surface area contributed by atoms with Gasteiger partial charge in [0.1, 0.15) is 5.75 Å². The van der Waals surface area contributed by atoms with Crippen LogP contribution in [-0.4, -0.2) is 27.4 Å². The number of nitro groups is 1. The summed E-state index contributed by atoms with van der Waals surface area (Å²) in [4.78, 5) is 22.5. The van der Waals surface area contributed by atoms with Gasteiger partial charge in [0.05, 0.1) is 28.1 Å². The van der Waals surface area contributed by atoms with Crippen LogP contribution in [0.2, 0.25) is 0 Å². The van der Waals surface area contributed by atoms with Gasteiger partial charge >= 0.3 is 5.91 Å². The SMILES string of the molecule is CC1=NN(c2ccccc2)C(=O)C1=NNc1ccc([N+](=O)[O-])cc1O. The zero-order chi connectivity index (χ0) is 18.0. The largest absolute Gasteiger partial charge is 0.505 e. The second kappa shape index (κ2) is 6.40. The summed E-state index contributed by atoms with van der Waals surface area (Å²) in [5.74, 6) is -0.767. The molecule has 2 aromatic carbocycles. The van der Waals surface area contributed by atoms with E-state index in [1.807, 2.05) is 6.07 Å². The number of carbonyl (C=O) groups excluding carboxylic acids is 1. The van der Waals surface area contributed by atoms with E-state index in [2.05, 4.69) is 15.6 Å². The number of benzene rings is 2. The van der Waals surface area contributed by atoms with Crippen LogP contribution in [0.25, 0.3) is 0 Å². The van der Waals surface area contributed by atoms with Gasteiger partial charge in [-0.1, -0.05) is 18.2 Å². The van der Waals surface area contributed by atoms with E-state index in [0.717, 1.165) is 6.07 Å². The second-order valence-corrected chi connectivity index (χ2v) is 5.17. The average Bonchev–Trinajstić information content (AvgIpc) is 2.89. The van der Waals surface area contributed by atoms with Crippen LogP contribution in [0.5, 0.6) is 5.75 Å². The van der Waals surface area contributed by atoms with Gasteiger partial charge < -0.3 is 5.11 Å². The molecule has 1 amide bonds. The maximum Gasteiger partial charge on any atom is 0.301 e. The van der Waals surface area contributed by atoms with Crippen LogP contribution in [-0.2, 0) is 4.79 Å². The Hall–Kier alpha value is -3.75. The normalized spacial score (nSPS) is 15.4. The van der Waals surface area contributed by atoms with Crippen molar-refractivity contribution < 1.29 is 14.8 Å². The highest BCUT2D eigenvalue weighted by molar-refractivity contribution is 6.71. The molecule has 126 valence electrons. The lowest BCUT2D eigenvalue weighted by Gasteiger charge is -2.10. The highest BCUT2D eigenvalue weighted by atomic mass is 16.6. The predicted molar refractivity (Wildman–Crippen MR) is 92.9 cm³/mol. The molecule has 0 fully saturated rings. The summed E-state index contributed by atoms with van der Waals surface area (Å²) in [5, 5.41) is 29.9. The summed E-state index contributed by atoms with van der Waals surface area (Å²) in [5.41, 5.74) is 3.52. The van der Waals surface area contributed by atoms with Crippen molar-refractivity contribution in [2.24, 2.45) is 10.2 Å². The van der Waals surface area contributed by atoms with E-state index in [1.54, 1.807) is 31.2 Å². The third-order valence-corrected chi connectivity index (χ3v) is 3.47. The van der Waals surface area contributed by atoms with E-state index < -0.39 is 10.8 Å². The van der Waals surface area contributed by atoms with Gasteiger partial charge in [-0.05, 0) is 25.1 Å². The number of anilines is 2. The van der Waals surface area contributed by atoms with Gasteiger partial charge in [0.2, 0.25) is 0 Å². The smallest absolute Gasteiger partial charge is 0.301 e. The molecule has 0 aromatic heterocycles. The Morgan fingerprint density at radius 3 is 2.60 bits per heavy atom. The molecule has 0 bridgehead atoms. The number of rotatable bonds is 4. The average molecular weight is 339 g/mol. The number of hydrazone groups is 2. The number of phenolic OH excluding ortho intramolecular Hbond substituents is 1. The number of nitrogens with one attached hydrogen (secondary N) is 1. The molecule has 1 aliphatic rings. The molecule has 25 heavy (non-hydrogen) atoms. The lowest BCUT2D eigenvalue weighted by Crippen LogP contribution is -2.27. The van der Waals surface area contributed by atoms with E-state index >= 15 is 0 Å². The first-order valence-corrected chi connectivity index (χ1v) is 7.23. The van der Waals surface area contributed by atoms with Crippen LogP contribution >= 0.6 is 0 Å². The van der Waals surface area contributed by atoms with Crippen molar-refractivity contribution in [2.45, 2.75) is 6.92 Å². The number of para-hydroxylation sites is 1. The number of carbonyl (C=O) groups is 1. The molecule has 2 aromatic rings. The minimum atomic E-state index is -0.621. The first-order valence-electron chi connectivity index (χ1n) is 7.23. The molecule has 2 N–H and O–H groups in total. The summed E-state index contributed by atoms with van der Waals surface area (Å²) in [6.07, 6.45) is 0. The van der Waals surface area contributed by atoms with Gasteiger partial charge in [0.25, 0.3) is 5.69 Å². The van der Waals surface area contributed by atoms with Crippen LogP contribution in [0.1, 0.15) is 6.92 Å². The Morgan fingerprint density at radius 1 is 1.24 bits per heavy atom. The zero-order valence-electron chi connectivity index (χ0n) is 13.1. The molecule has 0 saturated heterocycles. The van der Waals surface area contributed by atoms with Gasteiger partial charge in [-0.3, -0.25) is 20.3 Å². The molecular formula is C16H13N5O4. The second-order valence-electron chi connectivity index (χ2n) is 5.17. The van der Waals surface area contributed by atoms with Crippen molar-refractivity contribution in [1.82, 2.24) is 0 Å². The van der Waals surface area contributed by atoms with Crippen molar-refractivity contribution in [3.05, 3.63) is 58.6 Å². The van der Waals surface area contributed by atoms with Crippen LogP contribution in [0.4, 0.5) is 17.1 Å². The zero-order valence-corrected chi connectivity index (χ0v) is 13.1. The van der Waals surface area contributed by atoms with Crippen LogP contribution in [0.3, 0.4) is 0 Å². The van der Waals surface area contributed by atoms with E-state index in [-0.39, 0.29) is 22.8 Å². The molecule has 0 radical (unpaired) electrons. The first kappa shape index (κ1) is 16.1. The first-order chi connectivity index (χ1) is 12.0. The highest BCUT2D eigenvalue weighted by Crippen LogP contribution is 2.28. The highest BCUT2D eigenvalue weighted by Gasteiger charge is 2.30. The number of amides is 1. The monoisotopic (exact) mass is 339 g/mol. The predicted octanol–water partition coefficient (Wildman–Crippen LogP) is 2.49. The number of nitro benzene ring substituents is 1. The van der Waals surface area contributed by atoms with Crippen LogP contribution in [0.15, 0.2) is 58.7 Å². The molecule has 9 nitrogen and oxygen atoms in total. The van der Waals surface area contributed by atoms with Crippen molar-refractivity contribution in [3.63, 3.8) is 0 Å². The van der Waals surface area contributed by atoms with Crippen molar-refractivity contribution in [1.29, 1.82) is 0 Å².